The van der Waals surface area contributed by atoms with Crippen LogP contribution in [0.25, 0.3) is 10.9 Å². The number of aliphatic hydroxyl groups excluding tert-OH is 1. The van der Waals surface area contributed by atoms with Crippen molar-refractivity contribution in [3.05, 3.63) is 34.4 Å². The smallest absolute Gasteiger partial charge is 0.0702 e. The molecule has 0 aliphatic rings. The van der Waals surface area contributed by atoms with Gasteiger partial charge in [0.15, 0.2) is 0 Å². The van der Waals surface area contributed by atoms with Gasteiger partial charge in [-0.3, -0.25) is 0 Å². The SMILES string of the molecule is CC(C)n1cc(CO)c2ccc(Br)cc21. The van der Waals surface area contributed by atoms with Crippen LogP contribution in [0.5, 0.6) is 0 Å². The topological polar surface area (TPSA) is 25.2 Å². The lowest BCUT2D eigenvalue weighted by Gasteiger charge is -2.08. The lowest BCUT2D eigenvalue weighted by atomic mass is 10.2. The first-order valence-electron chi connectivity index (χ1n) is 5.03. The van der Waals surface area contributed by atoms with E-state index in [4.69, 9.17) is 0 Å². The number of nitrogens with zero attached hydrogens (tertiary/aromatic N) is 1. The predicted octanol–water partition coefficient (Wildman–Crippen LogP) is 3.48. The van der Waals surface area contributed by atoms with Crippen LogP contribution < -0.4 is 0 Å². The molecule has 0 amide bonds. The Morgan fingerprint density at radius 2 is 2.13 bits per heavy atom. The Labute approximate surface area is 97.7 Å². The molecule has 0 atom stereocenters. The van der Waals surface area contributed by atoms with Gasteiger partial charge in [-0.25, -0.2) is 0 Å². The maximum absolute atomic E-state index is 9.27. The highest BCUT2D eigenvalue weighted by Gasteiger charge is 2.09. The minimum Gasteiger partial charge on any atom is -0.392 e. The summed E-state index contributed by atoms with van der Waals surface area (Å²) in [5.74, 6) is 0. The van der Waals surface area contributed by atoms with Crippen LogP contribution in [0.4, 0.5) is 0 Å². The van der Waals surface area contributed by atoms with E-state index in [0.717, 1.165) is 15.4 Å². The lowest BCUT2D eigenvalue weighted by Crippen LogP contribution is -1.97. The van der Waals surface area contributed by atoms with Gasteiger partial charge in [-0.15, -0.1) is 0 Å². The summed E-state index contributed by atoms with van der Waals surface area (Å²) in [4.78, 5) is 0. The summed E-state index contributed by atoms with van der Waals surface area (Å²) in [6.07, 6.45) is 2.03. The summed E-state index contributed by atoms with van der Waals surface area (Å²) in [6.45, 7) is 4.38. The van der Waals surface area contributed by atoms with Crippen molar-refractivity contribution in [2.24, 2.45) is 0 Å². The molecule has 0 saturated heterocycles. The van der Waals surface area contributed by atoms with E-state index in [9.17, 15) is 5.11 Å². The fourth-order valence-corrected chi connectivity index (χ4v) is 2.20. The molecule has 1 N–H and O–H groups in total. The molecular formula is C12H14BrNO. The Bertz CT molecular complexity index is 488. The molecule has 1 aromatic heterocycles. The van der Waals surface area contributed by atoms with E-state index in [2.05, 4.69) is 40.4 Å². The molecule has 0 aliphatic heterocycles. The Morgan fingerprint density at radius 3 is 2.73 bits per heavy atom. The average molecular weight is 268 g/mol. The number of aliphatic hydroxyl groups is 1. The lowest BCUT2D eigenvalue weighted by molar-refractivity contribution is 0.283. The van der Waals surface area contributed by atoms with Crippen LogP contribution in [0.2, 0.25) is 0 Å². The summed E-state index contributed by atoms with van der Waals surface area (Å²) in [5, 5.41) is 10.4. The van der Waals surface area contributed by atoms with E-state index in [1.165, 1.54) is 5.52 Å². The van der Waals surface area contributed by atoms with E-state index in [1.54, 1.807) is 0 Å². The third kappa shape index (κ3) is 1.82. The Morgan fingerprint density at radius 1 is 1.40 bits per heavy atom. The van der Waals surface area contributed by atoms with Crippen LogP contribution in [0.3, 0.4) is 0 Å². The van der Waals surface area contributed by atoms with Crippen molar-refractivity contribution >= 4 is 26.8 Å². The van der Waals surface area contributed by atoms with E-state index in [0.29, 0.717) is 6.04 Å². The van der Waals surface area contributed by atoms with Crippen LogP contribution in [0.15, 0.2) is 28.9 Å². The van der Waals surface area contributed by atoms with E-state index < -0.39 is 0 Å². The van der Waals surface area contributed by atoms with Gasteiger partial charge < -0.3 is 9.67 Å². The van der Waals surface area contributed by atoms with Crippen LogP contribution in [-0.2, 0) is 6.61 Å². The van der Waals surface area contributed by atoms with Gasteiger partial charge >= 0.3 is 0 Å². The third-order valence-electron chi connectivity index (χ3n) is 2.61. The first-order valence-corrected chi connectivity index (χ1v) is 5.82. The Balaban J connectivity index is 2.76. The van der Waals surface area contributed by atoms with Gasteiger partial charge in [-0.1, -0.05) is 22.0 Å². The van der Waals surface area contributed by atoms with Gasteiger partial charge in [0.2, 0.25) is 0 Å². The summed E-state index contributed by atoms with van der Waals surface area (Å²) >= 11 is 3.47. The van der Waals surface area contributed by atoms with Crippen molar-refractivity contribution in [3.8, 4) is 0 Å². The van der Waals surface area contributed by atoms with Crippen molar-refractivity contribution in [1.29, 1.82) is 0 Å². The minimum absolute atomic E-state index is 0.0951. The predicted molar refractivity (Wildman–Crippen MR) is 65.9 cm³/mol. The fourth-order valence-electron chi connectivity index (χ4n) is 1.85. The fraction of sp³-hybridized carbons (Fsp3) is 0.333. The molecule has 0 bridgehead atoms. The van der Waals surface area contributed by atoms with Crippen LogP contribution in [0.1, 0.15) is 25.5 Å². The van der Waals surface area contributed by atoms with Crippen molar-refractivity contribution < 1.29 is 5.11 Å². The standard InChI is InChI=1S/C12H14BrNO/c1-8(2)14-6-9(7-15)11-4-3-10(13)5-12(11)14/h3-6,8,15H,7H2,1-2H3. The maximum atomic E-state index is 9.27. The highest BCUT2D eigenvalue weighted by Crippen LogP contribution is 2.27. The molecule has 0 spiro atoms. The largest absolute Gasteiger partial charge is 0.392 e. The monoisotopic (exact) mass is 267 g/mol. The number of halogens is 1. The number of aromatic nitrogens is 1. The maximum Gasteiger partial charge on any atom is 0.0702 e. The van der Waals surface area contributed by atoms with Crippen LogP contribution >= 0.6 is 15.9 Å². The zero-order valence-electron chi connectivity index (χ0n) is 8.87. The second kappa shape index (κ2) is 3.99. The number of rotatable bonds is 2. The van der Waals surface area contributed by atoms with Crippen LogP contribution in [0, 0.1) is 0 Å². The van der Waals surface area contributed by atoms with E-state index in [-0.39, 0.29) is 6.61 Å². The Kier molecular flexibility index (Phi) is 2.85. The van der Waals surface area contributed by atoms with Gasteiger partial charge in [0.25, 0.3) is 0 Å². The van der Waals surface area contributed by atoms with Crippen molar-refractivity contribution in [3.63, 3.8) is 0 Å². The van der Waals surface area contributed by atoms with Crippen molar-refractivity contribution in [2.75, 3.05) is 0 Å². The van der Waals surface area contributed by atoms with Gasteiger partial charge in [0.05, 0.1) is 6.61 Å². The van der Waals surface area contributed by atoms with Gasteiger partial charge in [-0.2, -0.15) is 0 Å². The van der Waals surface area contributed by atoms with Crippen molar-refractivity contribution in [1.82, 2.24) is 4.57 Å². The molecule has 2 nitrogen and oxygen atoms in total. The number of hydrogen-bond donors (Lipinski definition) is 1. The molecule has 1 aromatic carbocycles. The molecule has 0 radical (unpaired) electrons. The molecule has 0 saturated carbocycles. The number of fused-ring (bicyclic) bond motifs is 1. The van der Waals surface area contributed by atoms with Gasteiger partial charge in [0, 0.05) is 33.2 Å². The first kappa shape index (κ1) is 10.7. The zero-order valence-corrected chi connectivity index (χ0v) is 10.5. The summed E-state index contributed by atoms with van der Waals surface area (Å²) in [7, 11) is 0. The molecular weight excluding hydrogens is 254 g/mol. The van der Waals surface area contributed by atoms with Crippen LogP contribution in [-0.4, -0.2) is 9.67 Å². The summed E-state index contributed by atoms with van der Waals surface area (Å²) < 4.78 is 3.26. The average Bonchev–Trinajstić information content (AvgIpc) is 2.55. The first-order chi connectivity index (χ1) is 7.13. The summed E-state index contributed by atoms with van der Waals surface area (Å²) in [5.41, 5.74) is 2.16. The van der Waals surface area contributed by atoms with E-state index in [1.807, 2.05) is 18.3 Å². The minimum atomic E-state index is 0.0951. The zero-order chi connectivity index (χ0) is 11.0. The number of benzene rings is 1. The third-order valence-corrected chi connectivity index (χ3v) is 3.10. The molecule has 80 valence electrons. The molecule has 2 aromatic rings. The second-order valence-corrected chi connectivity index (χ2v) is 4.89. The highest BCUT2D eigenvalue weighted by atomic mass is 79.9. The molecule has 3 heteroatoms. The summed E-state index contributed by atoms with van der Waals surface area (Å²) in [6, 6.07) is 6.55. The molecule has 0 fully saturated rings. The molecule has 15 heavy (non-hydrogen) atoms. The quantitative estimate of drug-likeness (QED) is 0.886. The number of hydrogen-bond acceptors (Lipinski definition) is 1. The molecule has 0 unspecified atom stereocenters. The van der Waals surface area contributed by atoms with E-state index >= 15 is 0 Å². The normalized spacial score (nSPS) is 11.5. The Hall–Kier alpha value is -0.800. The molecule has 1 heterocycles. The van der Waals surface area contributed by atoms with Crippen molar-refractivity contribution in [2.45, 2.75) is 26.5 Å². The van der Waals surface area contributed by atoms with Gasteiger partial charge in [-0.05, 0) is 26.0 Å². The van der Waals surface area contributed by atoms with Gasteiger partial charge in [0.1, 0.15) is 0 Å². The molecule has 0 aliphatic carbocycles. The highest BCUT2D eigenvalue weighted by molar-refractivity contribution is 9.10. The second-order valence-electron chi connectivity index (χ2n) is 3.97. The molecule has 2 rings (SSSR count).